The predicted octanol–water partition coefficient (Wildman–Crippen LogP) is -7.35. The Morgan fingerprint density at radius 2 is 0.976 bits per heavy atom. The van der Waals surface area contributed by atoms with Crippen LogP contribution >= 0.6 is 0 Å². The quantitative estimate of drug-likeness (QED) is 0.0511. The summed E-state index contributed by atoms with van der Waals surface area (Å²) in [6, 6.07) is -1.39. The fraction of sp³-hybridized carbons (Fsp3) is 0.870. The largest absolute Gasteiger partial charge is 0.480 e. The van der Waals surface area contributed by atoms with E-state index in [1.54, 1.807) is 0 Å². The van der Waals surface area contributed by atoms with Gasteiger partial charge >= 0.3 is 5.97 Å². The number of aliphatic hydroxyl groups excluding tert-OH is 11. The van der Waals surface area contributed by atoms with E-state index in [2.05, 4.69) is 16.0 Å². The van der Waals surface area contributed by atoms with Gasteiger partial charge in [0.05, 0.1) is 25.4 Å². The highest BCUT2D eigenvalue weighted by Crippen LogP contribution is 2.12. The Balaban J connectivity index is 4.57. The molecule has 0 radical (unpaired) electrons. The van der Waals surface area contributed by atoms with E-state index in [1.165, 1.54) is 6.92 Å². The van der Waals surface area contributed by atoms with Crippen molar-refractivity contribution in [2.75, 3.05) is 26.3 Å². The smallest absolute Gasteiger partial charge is 0.320 e. The zero-order valence-corrected chi connectivity index (χ0v) is 22.6. The van der Waals surface area contributed by atoms with Gasteiger partial charge in [-0.2, -0.15) is 0 Å². The number of rotatable bonds is 22. The van der Waals surface area contributed by atoms with Gasteiger partial charge in [-0.15, -0.1) is 0 Å². The highest BCUT2D eigenvalue weighted by molar-refractivity contribution is 5.78. The van der Waals surface area contributed by atoms with Gasteiger partial charge in [-0.1, -0.05) is 6.92 Å². The van der Waals surface area contributed by atoms with Crippen molar-refractivity contribution in [1.82, 2.24) is 16.0 Å². The highest BCUT2D eigenvalue weighted by Gasteiger charge is 2.31. The summed E-state index contributed by atoms with van der Waals surface area (Å²) in [6.07, 6.45) is -16.5. The van der Waals surface area contributed by atoms with Gasteiger partial charge in [0, 0.05) is 25.9 Å². The van der Waals surface area contributed by atoms with Gasteiger partial charge in [-0.25, -0.2) is 0 Å². The minimum atomic E-state index is -1.89. The fourth-order valence-electron chi connectivity index (χ4n) is 3.42. The topological polar surface area (TPSA) is 330 Å². The zero-order chi connectivity index (χ0) is 31.9. The molecule has 0 aromatic rings. The maximum atomic E-state index is 12.0. The maximum Gasteiger partial charge on any atom is 0.320 e. The van der Waals surface area contributed by atoms with Crippen LogP contribution in [0.3, 0.4) is 0 Å². The van der Waals surface area contributed by atoms with Gasteiger partial charge in [0.15, 0.2) is 0 Å². The predicted molar refractivity (Wildman–Crippen MR) is 136 cm³/mol. The van der Waals surface area contributed by atoms with Crippen LogP contribution in [0.25, 0.3) is 0 Å². The van der Waals surface area contributed by atoms with Gasteiger partial charge < -0.3 is 71.9 Å². The van der Waals surface area contributed by atoms with Gasteiger partial charge in [0.2, 0.25) is 11.8 Å². The van der Waals surface area contributed by atoms with Crippen molar-refractivity contribution < 1.29 is 75.7 Å². The number of carboxylic acid groups (broad SMARTS) is 1. The summed E-state index contributed by atoms with van der Waals surface area (Å²) in [5, 5.41) is 121. The average Bonchev–Trinajstić information content (AvgIpc) is 2.96. The summed E-state index contributed by atoms with van der Waals surface area (Å²) in [7, 11) is 0. The first-order valence-electron chi connectivity index (χ1n) is 12.9. The average molecular weight is 604 g/mol. The van der Waals surface area contributed by atoms with Crippen molar-refractivity contribution >= 4 is 17.8 Å². The van der Waals surface area contributed by atoms with Crippen molar-refractivity contribution in [1.29, 1.82) is 0 Å². The van der Waals surface area contributed by atoms with Crippen LogP contribution in [0.15, 0.2) is 0 Å². The Hall–Kier alpha value is -2.07. The van der Waals surface area contributed by atoms with Gasteiger partial charge in [0.25, 0.3) is 0 Å². The molecule has 0 aliphatic heterocycles. The Labute approximate surface area is 235 Å². The molecule has 18 nitrogen and oxygen atoms in total. The number of amides is 2. The molecule has 0 heterocycles. The van der Waals surface area contributed by atoms with Crippen LogP contribution in [0.2, 0.25) is 0 Å². The fourth-order valence-corrected chi connectivity index (χ4v) is 3.42. The summed E-state index contributed by atoms with van der Waals surface area (Å²) in [6.45, 7) is -1.27. The molecule has 0 saturated carbocycles. The number of carbonyl (C=O) groups is 3. The molecule has 0 fully saturated rings. The Morgan fingerprint density at radius 1 is 0.610 bits per heavy atom. The molecular weight excluding hydrogens is 558 g/mol. The summed E-state index contributed by atoms with van der Waals surface area (Å²) in [5.74, 6) is -3.39. The Morgan fingerprint density at radius 3 is 1.34 bits per heavy atom. The second kappa shape index (κ2) is 19.9. The van der Waals surface area contributed by atoms with Crippen LogP contribution in [0.4, 0.5) is 0 Å². The van der Waals surface area contributed by atoms with E-state index in [0.717, 1.165) is 0 Å². The van der Waals surface area contributed by atoms with Crippen LogP contribution in [0.5, 0.6) is 0 Å². The molecule has 0 bridgehead atoms. The van der Waals surface area contributed by atoms with Crippen LogP contribution in [0, 0.1) is 5.92 Å². The first-order chi connectivity index (χ1) is 19.1. The first-order valence-corrected chi connectivity index (χ1v) is 12.9. The molecule has 0 aliphatic carbocycles. The minimum Gasteiger partial charge on any atom is -0.480 e. The third-order valence-corrected chi connectivity index (χ3v) is 6.36. The van der Waals surface area contributed by atoms with E-state index >= 15 is 0 Å². The SMILES string of the molecule is CC(CCC(=O)NCC(O)C(O)C(O)C(O)CO)C(O)NC(CCC(=O)NCC(O)C(O)C(O)C(O)CO)C(=O)O. The number of aliphatic hydroxyl groups is 11. The third-order valence-electron chi connectivity index (χ3n) is 6.36. The lowest BCUT2D eigenvalue weighted by Crippen LogP contribution is -2.50. The summed E-state index contributed by atoms with van der Waals surface area (Å²) in [4.78, 5) is 35.6. The third kappa shape index (κ3) is 14.6. The Kier molecular flexibility index (Phi) is 18.9. The molecule has 11 unspecified atom stereocenters. The molecule has 18 heteroatoms. The number of carbonyl (C=O) groups excluding carboxylic acids is 2. The van der Waals surface area contributed by atoms with Crippen LogP contribution < -0.4 is 16.0 Å². The molecule has 41 heavy (non-hydrogen) atoms. The molecule has 0 rings (SSSR count). The number of hydrogen-bond donors (Lipinski definition) is 15. The minimum absolute atomic E-state index is 0.0500. The molecule has 242 valence electrons. The lowest BCUT2D eigenvalue weighted by atomic mass is 10.0. The summed E-state index contributed by atoms with van der Waals surface area (Å²) >= 11 is 0. The lowest BCUT2D eigenvalue weighted by Gasteiger charge is -2.26. The number of aliphatic carboxylic acids is 1. The highest BCUT2D eigenvalue weighted by atomic mass is 16.4. The molecule has 0 spiro atoms. The van der Waals surface area contributed by atoms with Crippen molar-refractivity contribution in [2.45, 2.75) is 93.7 Å². The molecule has 15 N–H and O–H groups in total. The van der Waals surface area contributed by atoms with Crippen molar-refractivity contribution in [3.05, 3.63) is 0 Å². The molecule has 0 saturated heterocycles. The standard InChI is InChI=1S/C23H45N3O15/c1-10(2-4-16(33)24-6-12(29)18(35)20(37)14(31)8-27)22(39)26-11(23(40)41)3-5-17(34)25-7-13(30)19(36)21(38)15(32)9-28/h10-15,18-22,26-32,35-39H,2-9H2,1H3,(H,24,33)(H,25,34)(H,40,41). The Bertz CT molecular complexity index is 779. The van der Waals surface area contributed by atoms with Gasteiger partial charge in [-0.05, 0) is 18.8 Å². The van der Waals surface area contributed by atoms with E-state index < -0.39 is 111 Å². The number of nitrogens with one attached hydrogen (secondary N) is 3. The zero-order valence-electron chi connectivity index (χ0n) is 22.6. The van der Waals surface area contributed by atoms with Crippen LogP contribution in [0.1, 0.15) is 32.6 Å². The summed E-state index contributed by atoms with van der Waals surface area (Å²) < 4.78 is 0. The van der Waals surface area contributed by atoms with E-state index in [0.29, 0.717) is 0 Å². The maximum absolute atomic E-state index is 12.0. The van der Waals surface area contributed by atoms with E-state index in [1.807, 2.05) is 0 Å². The second-order valence-electron chi connectivity index (χ2n) is 9.76. The van der Waals surface area contributed by atoms with Gasteiger partial charge in [0.1, 0.15) is 48.9 Å². The van der Waals surface area contributed by atoms with Gasteiger partial charge in [-0.3, -0.25) is 19.7 Å². The van der Waals surface area contributed by atoms with E-state index in [9.17, 15) is 65.4 Å². The molecule has 0 aromatic heterocycles. The molecular formula is C23H45N3O15. The molecule has 0 aromatic carbocycles. The van der Waals surface area contributed by atoms with E-state index in [-0.39, 0.29) is 25.7 Å². The van der Waals surface area contributed by atoms with Crippen molar-refractivity contribution in [3.63, 3.8) is 0 Å². The first kappa shape index (κ1) is 38.9. The van der Waals surface area contributed by atoms with Crippen molar-refractivity contribution in [3.8, 4) is 0 Å². The molecule has 2 amide bonds. The van der Waals surface area contributed by atoms with Crippen molar-refractivity contribution in [2.24, 2.45) is 5.92 Å². The summed E-state index contributed by atoms with van der Waals surface area (Å²) in [5.41, 5.74) is 0. The monoisotopic (exact) mass is 603 g/mol. The molecule has 0 aliphatic rings. The van der Waals surface area contributed by atoms with Crippen LogP contribution in [-0.4, -0.2) is 166 Å². The van der Waals surface area contributed by atoms with E-state index in [4.69, 9.17) is 10.2 Å². The number of carboxylic acids is 1. The number of hydrogen-bond acceptors (Lipinski definition) is 15. The normalized spacial score (nSPS) is 19.9. The molecule has 11 atom stereocenters. The lowest BCUT2D eigenvalue weighted by molar-refractivity contribution is -0.141. The van der Waals surface area contributed by atoms with Crippen LogP contribution in [-0.2, 0) is 14.4 Å². The second-order valence-corrected chi connectivity index (χ2v) is 9.76.